The molecule has 1 atom stereocenters. The lowest BCUT2D eigenvalue weighted by Gasteiger charge is -2.33. The summed E-state index contributed by atoms with van der Waals surface area (Å²) in [6.45, 7) is 10.9. The van der Waals surface area contributed by atoms with Crippen molar-refractivity contribution >= 4 is 17.7 Å². The Labute approximate surface area is 150 Å². The Hall–Kier alpha value is -2.04. The predicted octanol–water partition coefficient (Wildman–Crippen LogP) is 4.40. The molecule has 1 heterocycles. The van der Waals surface area contributed by atoms with Crippen LogP contribution in [0.15, 0.2) is 24.3 Å². The molecule has 1 N–H and O–H groups in total. The molecule has 1 saturated heterocycles. The Balaban J connectivity index is 1.94. The minimum Gasteiger partial charge on any atom is -0.444 e. The molecule has 1 aromatic carbocycles. The van der Waals surface area contributed by atoms with E-state index in [9.17, 15) is 9.59 Å². The Kier molecular flexibility index (Phi) is 6.09. The van der Waals surface area contributed by atoms with Gasteiger partial charge >= 0.3 is 6.09 Å². The van der Waals surface area contributed by atoms with Crippen LogP contribution in [0, 0.1) is 5.92 Å². The molecule has 1 aromatic rings. The maximum atomic E-state index is 12.5. The van der Waals surface area contributed by atoms with Gasteiger partial charge in [-0.1, -0.05) is 26.0 Å². The Morgan fingerprint density at radius 3 is 2.40 bits per heavy atom. The molecule has 1 fully saturated rings. The van der Waals surface area contributed by atoms with E-state index < -0.39 is 5.60 Å². The second-order valence-electron chi connectivity index (χ2n) is 8.03. The van der Waals surface area contributed by atoms with Gasteiger partial charge in [-0.05, 0) is 57.2 Å². The zero-order valence-corrected chi connectivity index (χ0v) is 16.0. The molecule has 138 valence electrons. The maximum Gasteiger partial charge on any atom is 0.410 e. The van der Waals surface area contributed by atoms with Crippen molar-refractivity contribution < 1.29 is 14.3 Å². The monoisotopic (exact) mass is 346 g/mol. The number of likely N-dealkylation sites (tertiary alicyclic amines) is 1. The average Bonchev–Trinajstić information content (AvgIpc) is 2.54. The van der Waals surface area contributed by atoms with Crippen molar-refractivity contribution in [2.45, 2.75) is 59.0 Å². The summed E-state index contributed by atoms with van der Waals surface area (Å²) in [5, 5.41) is 2.97. The fraction of sp³-hybridized carbons (Fsp3) is 0.600. The number of carbonyl (C=O) groups is 2. The number of piperidine rings is 1. The van der Waals surface area contributed by atoms with E-state index in [1.54, 1.807) is 4.90 Å². The van der Waals surface area contributed by atoms with Crippen molar-refractivity contribution in [2.75, 3.05) is 18.4 Å². The van der Waals surface area contributed by atoms with Gasteiger partial charge in [-0.3, -0.25) is 4.79 Å². The van der Waals surface area contributed by atoms with Crippen LogP contribution in [0.2, 0.25) is 0 Å². The van der Waals surface area contributed by atoms with Crippen LogP contribution in [0.25, 0.3) is 0 Å². The number of nitrogens with zero attached hydrogens (tertiary/aromatic N) is 1. The Morgan fingerprint density at radius 2 is 1.84 bits per heavy atom. The van der Waals surface area contributed by atoms with Gasteiger partial charge in [0.15, 0.2) is 0 Å². The smallest absolute Gasteiger partial charge is 0.410 e. The highest BCUT2D eigenvalue weighted by atomic mass is 16.6. The number of ether oxygens (including phenoxy) is 1. The summed E-state index contributed by atoms with van der Waals surface area (Å²) < 4.78 is 5.41. The highest BCUT2D eigenvalue weighted by molar-refractivity contribution is 5.93. The summed E-state index contributed by atoms with van der Waals surface area (Å²) in [6, 6.07) is 7.94. The lowest BCUT2D eigenvalue weighted by molar-refractivity contribution is -0.121. The van der Waals surface area contributed by atoms with Crippen LogP contribution in [-0.4, -0.2) is 35.6 Å². The maximum absolute atomic E-state index is 12.5. The molecule has 1 unspecified atom stereocenters. The van der Waals surface area contributed by atoms with Crippen molar-refractivity contribution in [2.24, 2.45) is 5.92 Å². The summed E-state index contributed by atoms with van der Waals surface area (Å²) in [4.78, 5) is 26.4. The van der Waals surface area contributed by atoms with Gasteiger partial charge in [0.25, 0.3) is 0 Å². The zero-order chi connectivity index (χ0) is 18.6. The van der Waals surface area contributed by atoms with Crippen molar-refractivity contribution in [1.82, 2.24) is 4.90 Å². The van der Waals surface area contributed by atoms with Gasteiger partial charge in [-0.15, -0.1) is 0 Å². The number of benzene rings is 1. The molecule has 5 heteroatoms. The van der Waals surface area contributed by atoms with E-state index >= 15 is 0 Å². The minimum atomic E-state index is -0.523. The lowest BCUT2D eigenvalue weighted by atomic mass is 9.97. The number of nitrogens with one attached hydrogen (secondary N) is 1. The summed E-state index contributed by atoms with van der Waals surface area (Å²) in [6.07, 6.45) is 1.25. The number of hydrogen-bond acceptors (Lipinski definition) is 3. The quantitative estimate of drug-likeness (QED) is 0.883. The Bertz CT molecular complexity index is 602. The highest BCUT2D eigenvalue weighted by Crippen LogP contribution is 2.22. The van der Waals surface area contributed by atoms with Gasteiger partial charge in [0.05, 0.1) is 5.92 Å². The van der Waals surface area contributed by atoms with Crippen LogP contribution in [-0.2, 0) is 9.53 Å². The average molecular weight is 346 g/mol. The summed E-state index contributed by atoms with van der Waals surface area (Å²) in [7, 11) is 0. The van der Waals surface area contributed by atoms with Gasteiger partial charge in [0.2, 0.25) is 5.91 Å². The molecule has 0 saturated carbocycles. The second-order valence-corrected chi connectivity index (χ2v) is 8.03. The first-order chi connectivity index (χ1) is 11.7. The lowest BCUT2D eigenvalue weighted by Crippen LogP contribution is -2.45. The van der Waals surface area contributed by atoms with E-state index in [0.717, 1.165) is 18.5 Å². The van der Waals surface area contributed by atoms with Gasteiger partial charge in [0, 0.05) is 18.8 Å². The molecule has 0 aromatic heterocycles. The molecule has 2 amide bonds. The first kappa shape index (κ1) is 19.3. The number of anilines is 1. The zero-order valence-electron chi connectivity index (χ0n) is 16.0. The van der Waals surface area contributed by atoms with Crippen molar-refractivity contribution in [3.05, 3.63) is 29.8 Å². The number of carbonyl (C=O) groups excluding carboxylic acids is 2. The van der Waals surface area contributed by atoms with Gasteiger partial charge < -0.3 is 15.0 Å². The molecule has 0 spiro atoms. The number of rotatable bonds is 3. The van der Waals surface area contributed by atoms with Crippen LogP contribution < -0.4 is 5.32 Å². The molecule has 0 bridgehead atoms. The van der Waals surface area contributed by atoms with Crippen molar-refractivity contribution in [3.8, 4) is 0 Å². The van der Waals surface area contributed by atoms with Crippen LogP contribution >= 0.6 is 0 Å². The molecule has 2 rings (SSSR count). The highest BCUT2D eigenvalue weighted by Gasteiger charge is 2.31. The molecule has 1 aliphatic rings. The van der Waals surface area contributed by atoms with Gasteiger partial charge in [0.1, 0.15) is 5.60 Å². The molecule has 0 radical (unpaired) electrons. The number of amides is 2. The van der Waals surface area contributed by atoms with E-state index in [0.29, 0.717) is 19.0 Å². The topological polar surface area (TPSA) is 58.6 Å². The molecular formula is C20H30N2O3. The predicted molar refractivity (Wildman–Crippen MR) is 99.7 cm³/mol. The third kappa shape index (κ3) is 5.76. The van der Waals surface area contributed by atoms with Crippen LogP contribution in [0.4, 0.5) is 10.5 Å². The van der Waals surface area contributed by atoms with Crippen LogP contribution in [0.3, 0.4) is 0 Å². The van der Waals surface area contributed by atoms with E-state index in [1.807, 2.05) is 45.0 Å². The molecule has 0 aliphatic carbocycles. The normalized spacial score (nSPS) is 18.2. The SMILES string of the molecule is CC(C)c1ccc(NC(=O)C2CCCN(C(=O)OC(C)(C)C)C2)cc1. The first-order valence-electron chi connectivity index (χ1n) is 9.04. The van der Waals surface area contributed by atoms with E-state index in [4.69, 9.17) is 4.74 Å². The Morgan fingerprint density at radius 1 is 1.20 bits per heavy atom. The minimum absolute atomic E-state index is 0.0365. The van der Waals surface area contributed by atoms with Gasteiger partial charge in [-0.25, -0.2) is 4.79 Å². The number of hydrogen-bond donors (Lipinski definition) is 1. The van der Waals surface area contributed by atoms with Crippen LogP contribution in [0.1, 0.15) is 58.9 Å². The summed E-state index contributed by atoms with van der Waals surface area (Å²) in [5.41, 5.74) is 1.51. The molecular weight excluding hydrogens is 316 g/mol. The molecule has 1 aliphatic heterocycles. The fourth-order valence-electron chi connectivity index (χ4n) is 2.88. The standard InChI is InChI=1S/C20H30N2O3/c1-14(2)15-8-10-17(11-9-15)21-18(23)16-7-6-12-22(13-16)19(24)25-20(3,4)5/h8-11,14,16H,6-7,12-13H2,1-5H3,(H,21,23). The molecule has 5 nitrogen and oxygen atoms in total. The summed E-state index contributed by atoms with van der Waals surface area (Å²) in [5.74, 6) is 0.224. The third-order valence-corrected chi connectivity index (χ3v) is 4.29. The van der Waals surface area contributed by atoms with Crippen molar-refractivity contribution in [3.63, 3.8) is 0 Å². The van der Waals surface area contributed by atoms with E-state index in [-0.39, 0.29) is 17.9 Å². The fourth-order valence-corrected chi connectivity index (χ4v) is 2.88. The van der Waals surface area contributed by atoms with E-state index in [2.05, 4.69) is 19.2 Å². The second kappa shape index (κ2) is 7.89. The largest absolute Gasteiger partial charge is 0.444 e. The van der Waals surface area contributed by atoms with E-state index in [1.165, 1.54) is 5.56 Å². The molecule has 25 heavy (non-hydrogen) atoms. The van der Waals surface area contributed by atoms with Gasteiger partial charge in [-0.2, -0.15) is 0 Å². The van der Waals surface area contributed by atoms with Crippen LogP contribution in [0.5, 0.6) is 0 Å². The summed E-state index contributed by atoms with van der Waals surface area (Å²) >= 11 is 0. The third-order valence-electron chi connectivity index (χ3n) is 4.29. The van der Waals surface area contributed by atoms with Crippen molar-refractivity contribution in [1.29, 1.82) is 0 Å². The first-order valence-corrected chi connectivity index (χ1v) is 9.04.